The van der Waals surface area contributed by atoms with Crippen LogP contribution in [-0.2, 0) is 23.1 Å². The standard InChI is InChI=1S/C28H35N3O3/c1-19-14-21-15-25-28(34)9-13-30(26(33)16-22-4-2-3-10-29-22)11-7-27(28,23(21)17-24(19)32)8-12-31(25)18-20-5-6-20/h2-4,10,14,17,20,25,32,34H,5-9,11-13,15-16,18H2,1H3/t25-,27+,28-/m1/s1. The minimum Gasteiger partial charge on any atom is -0.508 e. The van der Waals surface area contributed by atoms with Crippen molar-refractivity contribution in [2.24, 2.45) is 5.92 Å². The molecule has 34 heavy (non-hydrogen) atoms. The highest BCUT2D eigenvalue weighted by Crippen LogP contribution is 2.57. The van der Waals surface area contributed by atoms with Crippen molar-refractivity contribution >= 4 is 5.91 Å². The van der Waals surface area contributed by atoms with Crippen molar-refractivity contribution in [1.29, 1.82) is 0 Å². The van der Waals surface area contributed by atoms with E-state index >= 15 is 0 Å². The van der Waals surface area contributed by atoms with E-state index in [4.69, 9.17) is 0 Å². The minimum atomic E-state index is -0.908. The lowest BCUT2D eigenvalue weighted by Crippen LogP contribution is -2.71. The van der Waals surface area contributed by atoms with Crippen LogP contribution in [0.25, 0.3) is 0 Å². The molecule has 1 aromatic heterocycles. The number of piperidine rings is 1. The molecule has 2 aliphatic carbocycles. The van der Waals surface area contributed by atoms with Crippen LogP contribution in [-0.4, -0.2) is 68.7 Å². The van der Waals surface area contributed by atoms with Gasteiger partial charge in [0, 0.05) is 43.0 Å². The smallest absolute Gasteiger partial charge is 0.228 e. The number of hydrogen-bond donors (Lipinski definition) is 2. The summed E-state index contributed by atoms with van der Waals surface area (Å²) < 4.78 is 0. The van der Waals surface area contributed by atoms with Crippen molar-refractivity contribution < 1.29 is 15.0 Å². The van der Waals surface area contributed by atoms with Gasteiger partial charge in [-0.05, 0) is 92.8 Å². The Bertz CT molecular complexity index is 1100. The molecule has 1 amide bonds. The first-order valence-corrected chi connectivity index (χ1v) is 12.9. The molecular formula is C28H35N3O3. The van der Waals surface area contributed by atoms with Crippen LogP contribution >= 0.6 is 0 Å². The maximum Gasteiger partial charge on any atom is 0.228 e. The number of hydrogen-bond acceptors (Lipinski definition) is 5. The Kier molecular flexibility index (Phi) is 5.23. The first kappa shape index (κ1) is 22.1. The molecule has 0 radical (unpaired) electrons. The number of benzene rings is 1. The summed E-state index contributed by atoms with van der Waals surface area (Å²) >= 11 is 0. The Morgan fingerprint density at radius 2 is 1.94 bits per heavy atom. The van der Waals surface area contributed by atoms with Crippen molar-refractivity contribution in [3.8, 4) is 5.75 Å². The van der Waals surface area contributed by atoms with E-state index in [1.54, 1.807) is 6.20 Å². The van der Waals surface area contributed by atoms with Gasteiger partial charge in [0.2, 0.25) is 5.91 Å². The molecular weight excluding hydrogens is 426 g/mol. The molecule has 3 heterocycles. The lowest BCUT2D eigenvalue weighted by Gasteiger charge is -2.61. The molecule has 1 saturated carbocycles. The maximum absolute atomic E-state index is 13.2. The zero-order valence-corrected chi connectivity index (χ0v) is 20.0. The number of aryl methyl sites for hydroxylation is 1. The maximum atomic E-state index is 13.2. The van der Waals surface area contributed by atoms with Crippen LogP contribution in [0.4, 0.5) is 0 Å². The van der Waals surface area contributed by atoms with Crippen LogP contribution in [0.1, 0.15) is 54.5 Å². The van der Waals surface area contributed by atoms with Gasteiger partial charge < -0.3 is 15.1 Å². The van der Waals surface area contributed by atoms with Crippen molar-refractivity contribution in [3.63, 3.8) is 0 Å². The van der Waals surface area contributed by atoms with Gasteiger partial charge in [-0.2, -0.15) is 0 Å². The third-order valence-corrected chi connectivity index (χ3v) is 9.17. The second kappa shape index (κ2) is 8.06. The van der Waals surface area contributed by atoms with Gasteiger partial charge in [0.05, 0.1) is 12.0 Å². The van der Waals surface area contributed by atoms with Gasteiger partial charge in [-0.1, -0.05) is 12.1 Å². The lowest BCUT2D eigenvalue weighted by atomic mass is 9.52. The molecule has 3 fully saturated rings. The first-order chi connectivity index (χ1) is 16.4. The fourth-order valence-corrected chi connectivity index (χ4v) is 7.07. The molecule has 0 spiro atoms. The van der Waals surface area contributed by atoms with Gasteiger partial charge in [-0.3, -0.25) is 14.7 Å². The van der Waals surface area contributed by atoms with E-state index in [0.29, 0.717) is 31.7 Å². The molecule has 4 aliphatic rings. The van der Waals surface area contributed by atoms with Crippen LogP contribution in [0.3, 0.4) is 0 Å². The summed E-state index contributed by atoms with van der Waals surface area (Å²) in [4.78, 5) is 22.1. The van der Waals surface area contributed by atoms with Crippen LogP contribution in [0.5, 0.6) is 5.75 Å². The highest BCUT2D eigenvalue weighted by molar-refractivity contribution is 5.78. The number of likely N-dealkylation sites (tertiary alicyclic amines) is 2. The number of aromatic hydroxyl groups is 1. The van der Waals surface area contributed by atoms with E-state index in [9.17, 15) is 15.0 Å². The summed E-state index contributed by atoms with van der Waals surface area (Å²) in [6, 6.07) is 9.79. The zero-order valence-electron chi connectivity index (χ0n) is 20.0. The highest BCUT2D eigenvalue weighted by Gasteiger charge is 2.63. The Morgan fingerprint density at radius 3 is 2.71 bits per heavy atom. The van der Waals surface area contributed by atoms with E-state index in [1.807, 2.05) is 36.1 Å². The second-order valence-electron chi connectivity index (χ2n) is 11.1. The van der Waals surface area contributed by atoms with Crippen LogP contribution in [0, 0.1) is 12.8 Å². The SMILES string of the molecule is Cc1cc2c(cc1O)[C@@]13CCN(C(=O)Cc4ccccn4)CC[C@@]1(O)[C@@H](C2)N(CC1CC1)CC3. The quantitative estimate of drug-likeness (QED) is 0.732. The largest absolute Gasteiger partial charge is 0.508 e. The predicted molar refractivity (Wildman–Crippen MR) is 130 cm³/mol. The lowest BCUT2D eigenvalue weighted by molar-refractivity contribution is -0.149. The number of carbonyl (C=O) groups excluding carboxylic acids is 1. The summed E-state index contributed by atoms with van der Waals surface area (Å²) in [7, 11) is 0. The number of nitrogens with zero attached hydrogens (tertiary/aromatic N) is 3. The van der Waals surface area contributed by atoms with E-state index in [1.165, 1.54) is 18.4 Å². The number of carbonyl (C=O) groups is 1. The molecule has 2 aromatic rings. The molecule has 1 aromatic carbocycles. The Morgan fingerprint density at radius 1 is 1.15 bits per heavy atom. The predicted octanol–water partition coefficient (Wildman–Crippen LogP) is 2.97. The fourth-order valence-electron chi connectivity index (χ4n) is 7.07. The number of amides is 1. The Hall–Kier alpha value is -2.44. The normalized spacial score (nSPS) is 30.9. The summed E-state index contributed by atoms with van der Waals surface area (Å²) in [5, 5.41) is 23.2. The molecule has 6 nitrogen and oxygen atoms in total. The Balaban J connectivity index is 1.36. The third-order valence-electron chi connectivity index (χ3n) is 9.17. The van der Waals surface area contributed by atoms with Crippen molar-refractivity contribution in [2.75, 3.05) is 26.2 Å². The van der Waals surface area contributed by atoms with Crippen LogP contribution in [0.15, 0.2) is 36.5 Å². The molecule has 2 bridgehead atoms. The van der Waals surface area contributed by atoms with Crippen molar-refractivity contribution in [2.45, 2.75) is 68.9 Å². The van der Waals surface area contributed by atoms with E-state index in [0.717, 1.165) is 55.1 Å². The summed E-state index contributed by atoms with van der Waals surface area (Å²) in [6.07, 6.45) is 7.58. The average Bonchev–Trinajstić information content (AvgIpc) is 3.65. The molecule has 2 N–H and O–H groups in total. The number of aliphatic hydroxyl groups is 1. The van der Waals surface area contributed by atoms with E-state index < -0.39 is 11.0 Å². The molecule has 2 saturated heterocycles. The van der Waals surface area contributed by atoms with Gasteiger partial charge >= 0.3 is 0 Å². The number of phenolic OH excluding ortho intramolecular Hbond substituents is 1. The van der Waals surface area contributed by atoms with Gasteiger partial charge in [0.15, 0.2) is 0 Å². The van der Waals surface area contributed by atoms with Gasteiger partial charge in [-0.25, -0.2) is 0 Å². The van der Waals surface area contributed by atoms with Crippen molar-refractivity contribution in [3.05, 3.63) is 58.9 Å². The second-order valence-corrected chi connectivity index (χ2v) is 11.1. The topological polar surface area (TPSA) is 76.9 Å². The monoisotopic (exact) mass is 461 g/mol. The van der Waals surface area contributed by atoms with Crippen molar-refractivity contribution in [1.82, 2.24) is 14.8 Å². The summed E-state index contributed by atoms with van der Waals surface area (Å²) in [5.41, 5.74) is 2.71. The van der Waals surface area contributed by atoms with Crippen LogP contribution < -0.4 is 0 Å². The number of fused-ring (bicyclic) bond motifs is 1. The third kappa shape index (κ3) is 3.45. The summed E-state index contributed by atoms with van der Waals surface area (Å²) in [5.74, 6) is 1.15. The summed E-state index contributed by atoms with van der Waals surface area (Å²) in [6.45, 7) is 5.18. The molecule has 3 atom stereocenters. The Labute approximate surface area is 201 Å². The number of phenols is 1. The minimum absolute atomic E-state index is 0.0594. The highest BCUT2D eigenvalue weighted by atomic mass is 16.3. The number of rotatable bonds is 4. The van der Waals surface area contributed by atoms with Gasteiger partial charge in [0.25, 0.3) is 0 Å². The van der Waals surface area contributed by atoms with E-state index in [2.05, 4.69) is 16.0 Å². The molecule has 0 unspecified atom stereocenters. The molecule has 180 valence electrons. The first-order valence-electron chi connectivity index (χ1n) is 12.9. The molecule has 6 rings (SSSR count). The van der Waals surface area contributed by atoms with Crippen LogP contribution in [0.2, 0.25) is 0 Å². The molecule has 6 heteroatoms. The van der Waals surface area contributed by atoms with Gasteiger partial charge in [0.1, 0.15) is 5.75 Å². The average molecular weight is 462 g/mol. The molecule has 2 aliphatic heterocycles. The fraction of sp³-hybridized carbons (Fsp3) is 0.571. The number of pyridine rings is 1. The van der Waals surface area contributed by atoms with Gasteiger partial charge in [-0.15, -0.1) is 0 Å². The zero-order chi connectivity index (χ0) is 23.5. The number of aromatic nitrogens is 1. The van der Waals surface area contributed by atoms with E-state index in [-0.39, 0.29) is 11.9 Å².